The van der Waals surface area contributed by atoms with Gasteiger partial charge in [-0.25, -0.2) is 0 Å². The van der Waals surface area contributed by atoms with Gasteiger partial charge in [0.25, 0.3) is 0 Å². The quantitative estimate of drug-likeness (QED) is 0.923. The molecule has 0 aliphatic carbocycles. The molecule has 100 valence electrons. The van der Waals surface area contributed by atoms with Crippen molar-refractivity contribution in [3.05, 3.63) is 63.6 Å². The summed E-state index contributed by atoms with van der Waals surface area (Å²) in [5, 5.41) is 1.07. The van der Waals surface area contributed by atoms with Crippen LogP contribution in [-0.4, -0.2) is 14.1 Å². The van der Waals surface area contributed by atoms with Gasteiger partial charge < -0.3 is 10.6 Å². The molecule has 1 atom stereocenters. The summed E-state index contributed by atoms with van der Waals surface area (Å²) in [6, 6.07) is 13.4. The second-order valence-corrected chi connectivity index (χ2v) is 5.45. The van der Waals surface area contributed by atoms with Crippen molar-refractivity contribution in [2.75, 3.05) is 19.0 Å². The van der Waals surface area contributed by atoms with Crippen LogP contribution in [0, 0.1) is 0 Å². The summed E-state index contributed by atoms with van der Waals surface area (Å²) in [6.07, 6.45) is 0. The van der Waals surface area contributed by atoms with E-state index < -0.39 is 0 Å². The topological polar surface area (TPSA) is 29.3 Å². The van der Waals surface area contributed by atoms with Crippen LogP contribution in [0.15, 0.2) is 42.5 Å². The third-order valence-electron chi connectivity index (χ3n) is 3.07. The van der Waals surface area contributed by atoms with Crippen LogP contribution < -0.4 is 10.6 Å². The lowest BCUT2D eigenvalue weighted by atomic mass is 9.99. The van der Waals surface area contributed by atoms with Crippen molar-refractivity contribution in [2.24, 2.45) is 5.73 Å². The Hall–Kier alpha value is -1.22. The lowest BCUT2D eigenvalue weighted by Gasteiger charge is -2.16. The van der Waals surface area contributed by atoms with Crippen molar-refractivity contribution in [1.82, 2.24) is 0 Å². The predicted octanol–water partition coefficient (Wildman–Crippen LogP) is 4.11. The Morgan fingerprint density at radius 3 is 2.00 bits per heavy atom. The van der Waals surface area contributed by atoms with E-state index in [9.17, 15) is 0 Å². The van der Waals surface area contributed by atoms with Crippen LogP contribution in [-0.2, 0) is 0 Å². The van der Waals surface area contributed by atoms with Crippen molar-refractivity contribution >= 4 is 28.9 Å². The van der Waals surface area contributed by atoms with Crippen LogP contribution in [0.1, 0.15) is 17.2 Å². The largest absolute Gasteiger partial charge is 0.378 e. The fourth-order valence-corrected chi connectivity index (χ4v) is 2.18. The Balaban J connectivity index is 2.27. The lowest BCUT2D eigenvalue weighted by Crippen LogP contribution is -2.13. The van der Waals surface area contributed by atoms with Crippen molar-refractivity contribution < 1.29 is 0 Å². The first kappa shape index (κ1) is 14.2. The Morgan fingerprint density at radius 1 is 0.895 bits per heavy atom. The average Bonchev–Trinajstić information content (AvgIpc) is 2.41. The molecule has 2 nitrogen and oxygen atoms in total. The minimum absolute atomic E-state index is 0.203. The van der Waals surface area contributed by atoms with Crippen molar-refractivity contribution in [1.29, 1.82) is 0 Å². The van der Waals surface area contributed by atoms with Gasteiger partial charge in [-0.2, -0.15) is 0 Å². The number of nitrogens with zero attached hydrogens (tertiary/aromatic N) is 1. The second kappa shape index (κ2) is 5.83. The standard InChI is InChI=1S/C15H16Cl2N2/c1-19(2)12-6-3-10(4-7-12)15(18)11-5-8-13(16)14(17)9-11/h3-9,15H,18H2,1-2H3. The molecule has 0 amide bonds. The maximum Gasteiger partial charge on any atom is 0.0595 e. The first-order valence-corrected chi connectivity index (χ1v) is 6.72. The maximum absolute atomic E-state index is 6.25. The number of hydrogen-bond acceptors (Lipinski definition) is 2. The molecule has 0 aromatic heterocycles. The van der Waals surface area contributed by atoms with Gasteiger partial charge in [0.2, 0.25) is 0 Å². The molecule has 0 heterocycles. The minimum Gasteiger partial charge on any atom is -0.378 e. The van der Waals surface area contributed by atoms with Crippen molar-refractivity contribution in [3.63, 3.8) is 0 Å². The van der Waals surface area contributed by atoms with Crippen LogP contribution in [0.25, 0.3) is 0 Å². The molecule has 0 saturated carbocycles. The second-order valence-electron chi connectivity index (χ2n) is 4.64. The van der Waals surface area contributed by atoms with E-state index in [0.29, 0.717) is 10.0 Å². The third-order valence-corrected chi connectivity index (χ3v) is 3.81. The summed E-state index contributed by atoms with van der Waals surface area (Å²) < 4.78 is 0. The highest BCUT2D eigenvalue weighted by Crippen LogP contribution is 2.28. The maximum atomic E-state index is 6.25. The third kappa shape index (κ3) is 3.21. The van der Waals surface area contributed by atoms with Gasteiger partial charge in [-0.15, -0.1) is 0 Å². The molecule has 19 heavy (non-hydrogen) atoms. The van der Waals surface area contributed by atoms with Gasteiger partial charge >= 0.3 is 0 Å². The van der Waals surface area contributed by atoms with Gasteiger partial charge in [-0.05, 0) is 35.4 Å². The van der Waals surface area contributed by atoms with E-state index in [0.717, 1.165) is 16.8 Å². The molecule has 0 fully saturated rings. The summed E-state index contributed by atoms with van der Waals surface area (Å²) in [5.74, 6) is 0. The Labute approximate surface area is 123 Å². The monoisotopic (exact) mass is 294 g/mol. The highest BCUT2D eigenvalue weighted by molar-refractivity contribution is 6.42. The number of benzene rings is 2. The van der Waals surface area contributed by atoms with Crippen LogP contribution in [0.3, 0.4) is 0 Å². The Morgan fingerprint density at radius 2 is 1.47 bits per heavy atom. The zero-order valence-corrected chi connectivity index (χ0v) is 12.4. The normalized spacial score (nSPS) is 12.3. The highest BCUT2D eigenvalue weighted by Gasteiger charge is 2.10. The Kier molecular flexibility index (Phi) is 4.35. The summed E-state index contributed by atoms with van der Waals surface area (Å²) in [4.78, 5) is 2.05. The molecule has 4 heteroatoms. The zero-order valence-electron chi connectivity index (χ0n) is 10.9. The van der Waals surface area contributed by atoms with Crippen LogP contribution in [0.4, 0.5) is 5.69 Å². The van der Waals surface area contributed by atoms with E-state index in [1.54, 1.807) is 6.07 Å². The fourth-order valence-electron chi connectivity index (χ4n) is 1.88. The van der Waals surface area contributed by atoms with E-state index in [1.165, 1.54) is 0 Å². The van der Waals surface area contributed by atoms with Crippen molar-refractivity contribution in [3.8, 4) is 0 Å². The lowest BCUT2D eigenvalue weighted by molar-refractivity contribution is 0.871. The number of rotatable bonds is 3. The smallest absolute Gasteiger partial charge is 0.0595 e. The molecule has 1 unspecified atom stereocenters. The average molecular weight is 295 g/mol. The van der Waals surface area contributed by atoms with Gasteiger partial charge in [0.1, 0.15) is 0 Å². The van der Waals surface area contributed by atoms with E-state index in [2.05, 4.69) is 4.90 Å². The van der Waals surface area contributed by atoms with Crippen LogP contribution in [0.5, 0.6) is 0 Å². The van der Waals surface area contributed by atoms with E-state index in [-0.39, 0.29) is 6.04 Å². The molecule has 0 radical (unpaired) electrons. The van der Waals surface area contributed by atoms with E-state index >= 15 is 0 Å². The zero-order chi connectivity index (χ0) is 14.0. The van der Waals surface area contributed by atoms with Gasteiger partial charge in [0.05, 0.1) is 16.1 Å². The first-order chi connectivity index (χ1) is 8.99. The summed E-state index contributed by atoms with van der Waals surface area (Å²) in [5.41, 5.74) is 9.39. The molecular weight excluding hydrogens is 279 g/mol. The van der Waals surface area contributed by atoms with Crippen LogP contribution in [0.2, 0.25) is 10.0 Å². The number of anilines is 1. The molecule has 0 saturated heterocycles. The molecule has 0 spiro atoms. The summed E-state index contributed by atoms with van der Waals surface area (Å²) >= 11 is 11.9. The fraction of sp³-hybridized carbons (Fsp3) is 0.200. The predicted molar refractivity (Wildman–Crippen MR) is 83.3 cm³/mol. The first-order valence-electron chi connectivity index (χ1n) is 5.97. The molecule has 2 aromatic carbocycles. The Bertz CT molecular complexity index is 565. The molecular formula is C15H16Cl2N2. The molecule has 0 bridgehead atoms. The molecule has 2 aromatic rings. The SMILES string of the molecule is CN(C)c1ccc(C(N)c2ccc(Cl)c(Cl)c2)cc1. The number of hydrogen-bond donors (Lipinski definition) is 1. The number of nitrogens with two attached hydrogens (primary N) is 1. The minimum atomic E-state index is -0.203. The summed E-state index contributed by atoms with van der Waals surface area (Å²) in [6.45, 7) is 0. The van der Waals surface area contributed by atoms with Crippen LogP contribution >= 0.6 is 23.2 Å². The highest BCUT2D eigenvalue weighted by atomic mass is 35.5. The molecule has 0 aliphatic rings. The number of halogens is 2. The van der Waals surface area contributed by atoms with Gasteiger partial charge in [-0.3, -0.25) is 0 Å². The molecule has 2 N–H and O–H groups in total. The van der Waals surface area contributed by atoms with Gasteiger partial charge in [0, 0.05) is 19.8 Å². The molecule has 0 aliphatic heterocycles. The molecule has 2 rings (SSSR count). The van der Waals surface area contributed by atoms with Gasteiger partial charge in [-0.1, -0.05) is 41.4 Å². The van der Waals surface area contributed by atoms with E-state index in [4.69, 9.17) is 28.9 Å². The van der Waals surface area contributed by atoms with Crippen molar-refractivity contribution in [2.45, 2.75) is 6.04 Å². The summed E-state index contributed by atoms with van der Waals surface area (Å²) in [7, 11) is 4.02. The van der Waals surface area contributed by atoms with Gasteiger partial charge in [0.15, 0.2) is 0 Å². The van der Waals surface area contributed by atoms with E-state index in [1.807, 2.05) is 50.5 Å².